The van der Waals surface area contributed by atoms with Crippen LogP contribution < -0.4 is 4.74 Å². The molecule has 0 spiro atoms. The van der Waals surface area contributed by atoms with Crippen LogP contribution in [0.5, 0.6) is 5.75 Å². The molecule has 0 amide bonds. The lowest BCUT2D eigenvalue weighted by Gasteiger charge is -2.43. The molecular weight excluding hydrogens is 470 g/mol. The number of carboxylic acids is 1. The lowest BCUT2D eigenvalue weighted by atomic mass is 9.65. The van der Waals surface area contributed by atoms with Gasteiger partial charge in [-0.15, -0.1) is 0 Å². The minimum atomic E-state index is -1.12. The molecule has 0 bridgehead atoms. The number of nitrogens with zero attached hydrogens (tertiary/aromatic N) is 1. The number of carboxylic acid groups (broad SMARTS) is 1. The molecule has 0 fully saturated rings. The van der Waals surface area contributed by atoms with Gasteiger partial charge in [-0.25, -0.2) is 9.78 Å². The Morgan fingerprint density at radius 3 is 2.03 bits per heavy atom. The number of hydrogen-bond acceptors (Lipinski definition) is 6. The van der Waals surface area contributed by atoms with Gasteiger partial charge in [0.25, 0.3) is 0 Å². The third kappa shape index (κ3) is 4.47. The van der Waals surface area contributed by atoms with Gasteiger partial charge >= 0.3 is 5.97 Å². The molecule has 0 unspecified atom stereocenters. The second kappa shape index (κ2) is 8.68. The third-order valence-electron chi connectivity index (χ3n) is 7.43. The summed E-state index contributed by atoms with van der Waals surface area (Å²) >= 11 is 0. The van der Waals surface area contributed by atoms with Crippen molar-refractivity contribution in [1.82, 2.24) is 4.98 Å². The minimum Gasteiger partial charge on any atom is -0.496 e. The Kier molecular flexibility index (Phi) is 5.85. The molecule has 0 atom stereocenters. The van der Waals surface area contributed by atoms with Crippen LogP contribution in [0.3, 0.4) is 0 Å². The Morgan fingerprint density at radius 2 is 1.49 bits per heavy atom. The maximum Gasteiger partial charge on any atom is 0.354 e. The van der Waals surface area contributed by atoms with Gasteiger partial charge < -0.3 is 14.6 Å². The van der Waals surface area contributed by atoms with E-state index in [1.807, 2.05) is 12.1 Å². The van der Waals surface area contributed by atoms with Crippen LogP contribution in [0.1, 0.15) is 75.3 Å². The summed E-state index contributed by atoms with van der Waals surface area (Å²) in [4.78, 5) is 42.7. The van der Waals surface area contributed by atoms with Crippen LogP contribution in [0.25, 0.3) is 11.1 Å². The first-order valence-electron chi connectivity index (χ1n) is 12.5. The lowest BCUT2D eigenvalue weighted by molar-refractivity contribution is -0.120. The number of Topliss-reactive ketones (excluding diaryl/α,β-unsaturated/α-hetero) is 2. The summed E-state index contributed by atoms with van der Waals surface area (Å²) in [6, 6.07) is 8.78. The normalized spacial score (nSPS) is 20.8. The highest BCUT2D eigenvalue weighted by atomic mass is 16.5. The Bertz CT molecular complexity index is 1360. The number of methoxy groups -OCH3 is 1. The molecule has 7 heteroatoms. The number of ether oxygens (including phenoxy) is 2. The zero-order valence-electron chi connectivity index (χ0n) is 21.8. The molecule has 2 aromatic rings. The topological polar surface area (TPSA) is 103 Å². The van der Waals surface area contributed by atoms with Crippen LogP contribution in [0.15, 0.2) is 59.2 Å². The fourth-order valence-electron chi connectivity index (χ4n) is 5.85. The monoisotopic (exact) mass is 501 g/mol. The van der Waals surface area contributed by atoms with E-state index in [1.54, 1.807) is 19.2 Å². The van der Waals surface area contributed by atoms with Gasteiger partial charge in [-0.3, -0.25) is 9.59 Å². The summed E-state index contributed by atoms with van der Waals surface area (Å²) in [6.45, 7) is 8.21. The fourth-order valence-corrected chi connectivity index (χ4v) is 5.85. The number of hydrogen-bond donors (Lipinski definition) is 1. The molecule has 5 rings (SSSR count). The maximum absolute atomic E-state index is 13.6. The van der Waals surface area contributed by atoms with Gasteiger partial charge in [0.05, 0.1) is 13.0 Å². The Labute approximate surface area is 216 Å². The van der Waals surface area contributed by atoms with E-state index in [0.29, 0.717) is 65.2 Å². The van der Waals surface area contributed by atoms with Crippen molar-refractivity contribution in [3.05, 3.63) is 70.5 Å². The maximum atomic E-state index is 13.6. The van der Waals surface area contributed by atoms with Crippen molar-refractivity contribution in [2.45, 2.75) is 59.3 Å². The van der Waals surface area contributed by atoms with Crippen LogP contribution in [0.4, 0.5) is 0 Å². The first-order valence-corrected chi connectivity index (χ1v) is 12.5. The second-order valence-electron chi connectivity index (χ2n) is 11.8. The van der Waals surface area contributed by atoms with E-state index in [4.69, 9.17) is 9.47 Å². The fraction of sp³-hybridized carbons (Fsp3) is 0.400. The van der Waals surface area contributed by atoms with Gasteiger partial charge in [0.15, 0.2) is 11.6 Å². The molecule has 37 heavy (non-hydrogen) atoms. The van der Waals surface area contributed by atoms with E-state index in [1.165, 1.54) is 12.3 Å². The molecule has 2 heterocycles. The summed E-state index contributed by atoms with van der Waals surface area (Å²) in [5.41, 5.74) is 2.60. The zero-order chi connectivity index (χ0) is 26.7. The van der Waals surface area contributed by atoms with Crippen LogP contribution in [-0.2, 0) is 14.3 Å². The van der Waals surface area contributed by atoms with Crippen molar-refractivity contribution in [3.8, 4) is 16.9 Å². The molecule has 0 saturated carbocycles. The van der Waals surface area contributed by atoms with Gasteiger partial charge in [-0.1, -0.05) is 33.8 Å². The molecule has 3 aliphatic rings. The highest BCUT2D eigenvalue weighted by Gasteiger charge is 2.48. The third-order valence-corrected chi connectivity index (χ3v) is 7.43. The van der Waals surface area contributed by atoms with Crippen LogP contribution >= 0.6 is 0 Å². The highest BCUT2D eigenvalue weighted by molar-refractivity contribution is 6.06. The number of rotatable bonds is 4. The number of benzene rings is 1. The molecule has 0 radical (unpaired) electrons. The number of aromatic carboxylic acids is 1. The SMILES string of the molecule is COc1ccc(-c2ccnc(C(=O)O)c2)cc1C1C2=C(CC(C)(C)CC2=O)OC2=C1C(=O)CC(C)(C)C2. The molecule has 1 aliphatic heterocycles. The standard InChI is InChI=1S/C30H31NO6/c1-29(2)12-20(32)26-23(14-29)37-24-15-30(3,4)13-21(33)27(24)25(26)18-10-16(6-7-22(18)36-5)17-8-9-31-19(11-17)28(34)35/h6-11,25H,12-15H2,1-5H3,(H,34,35). The van der Waals surface area contributed by atoms with E-state index in [9.17, 15) is 19.5 Å². The van der Waals surface area contributed by atoms with Gasteiger partial charge in [0, 0.05) is 48.6 Å². The Hall–Kier alpha value is -3.74. The number of carbonyl (C=O) groups excluding carboxylic acids is 2. The average Bonchev–Trinajstić information content (AvgIpc) is 2.80. The molecule has 7 nitrogen and oxygen atoms in total. The van der Waals surface area contributed by atoms with E-state index in [2.05, 4.69) is 32.7 Å². The van der Waals surface area contributed by atoms with Crippen molar-refractivity contribution in [3.63, 3.8) is 0 Å². The summed E-state index contributed by atoms with van der Waals surface area (Å²) < 4.78 is 12.1. The summed E-state index contributed by atoms with van der Waals surface area (Å²) in [5, 5.41) is 9.41. The first kappa shape index (κ1) is 24.9. The van der Waals surface area contributed by atoms with E-state index >= 15 is 0 Å². The van der Waals surface area contributed by atoms with E-state index in [-0.39, 0.29) is 28.1 Å². The lowest BCUT2D eigenvalue weighted by Crippen LogP contribution is -2.37. The second-order valence-corrected chi connectivity index (χ2v) is 11.8. The summed E-state index contributed by atoms with van der Waals surface area (Å²) in [7, 11) is 1.56. The van der Waals surface area contributed by atoms with Gasteiger partial charge in [-0.05, 0) is 46.2 Å². The Balaban J connectivity index is 1.74. The van der Waals surface area contributed by atoms with Gasteiger partial charge in [0.2, 0.25) is 0 Å². The van der Waals surface area contributed by atoms with Gasteiger partial charge in [-0.2, -0.15) is 0 Å². The quantitative estimate of drug-likeness (QED) is 0.560. The summed E-state index contributed by atoms with van der Waals surface area (Å²) in [6.07, 6.45) is 3.39. The number of ketones is 2. The molecule has 1 aromatic heterocycles. The van der Waals surface area contributed by atoms with Crippen molar-refractivity contribution in [2.24, 2.45) is 10.8 Å². The number of aromatic nitrogens is 1. The number of pyridine rings is 1. The van der Waals surface area contributed by atoms with Crippen LogP contribution in [-0.4, -0.2) is 34.7 Å². The predicted octanol–water partition coefficient (Wildman–Crippen LogP) is 5.86. The average molecular weight is 502 g/mol. The van der Waals surface area contributed by atoms with E-state index in [0.717, 1.165) is 5.56 Å². The molecule has 2 aliphatic carbocycles. The highest BCUT2D eigenvalue weighted by Crippen LogP contribution is 2.54. The summed E-state index contributed by atoms with van der Waals surface area (Å²) in [5.74, 6) is 0.0594. The predicted molar refractivity (Wildman–Crippen MR) is 137 cm³/mol. The van der Waals surface area contributed by atoms with Crippen molar-refractivity contribution < 1.29 is 29.0 Å². The van der Waals surface area contributed by atoms with Crippen molar-refractivity contribution >= 4 is 17.5 Å². The van der Waals surface area contributed by atoms with Gasteiger partial charge in [0.1, 0.15) is 23.0 Å². The van der Waals surface area contributed by atoms with Crippen molar-refractivity contribution in [1.29, 1.82) is 0 Å². The largest absolute Gasteiger partial charge is 0.496 e. The van der Waals surface area contributed by atoms with Crippen LogP contribution in [0.2, 0.25) is 0 Å². The number of carbonyl (C=O) groups is 3. The molecule has 1 aromatic carbocycles. The van der Waals surface area contributed by atoms with Crippen LogP contribution in [0, 0.1) is 10.8 Å². The number of allylic oxidation sites excluding steroid dienone is 4. The molecule has 0 saturated heterocycles. The van der Waals surface area contributed by atoms with Crippen molar-refractivity contribution in [2.75, 3.05) is 7.11 Å². The smallest absolute Gasteiger partial charge is 0.354 e. The minimum absolute atomic E-state index is 0.0232. The molecular formula is C30H31NO6. The molecule has 1 N–H and O–H groups in total. The van der Waals surface area contributed by atoms with E-state index < -0.39 is 11.9 Å². The zero-order valence-corrected chi connectivity index (χ0v) is 21.8. The Morgan fingerprint density at radius 1 is 0.919 bits per heavy atom. The molecule has 192 valence electrons. The first-order chi connectivity index (χ1) is 17.4.